The van der Waals surface area contributed by atoms with E-state index >= 15 is 0 Å². The van der Waals surface area contributed by atoms with Crippen LogP contribution in [0.3, 0.4) is 0 Å². The van der Waals surface area contributed by atoms with E-state index in [0.717, 1.165) is 12.5 Å². The average molecular weight is 246 g/mol. The lowest BCUT2D eigenvalue weighted by Gasteiger charge is -2.28. The fourth-order valence-electron chi connectivity index (χ4n) is 3.12. The van der Waals surface area contributed by atoms with Crippen molar-refractivity contribution in [3.05, 3.63) is 28.3 Å². The summed E-state index contributed by atoms with van der Waals surface area (Å²) in [5.41, 5.74) is 7.13. The molecule has 0 radical (unpaired) electrons. The molecule has 2 rings (SSSR count). The number of nitrogens with zero attached hydrogens (tertiary/aromatic N) is 1. The van der Waals surface area contributed by atoms with E-state index in [1.54, 1.807) is 0 Å². The summed E-state index contributed by atoms with van der Waals surface area (Å²) in [4.78, 5) is 2.46. The Hall–Kier alpha value is -1.02. The monoisotopic (exact) mass is 246 g/mol. The third-order valence-electron chi connectivity index (χ3n) is 4.40. The Morgan fingerprint density at radius 1 is 1.17 bits per heavy atom. The zero-order chi connectivity index (χ0) is 13.3. The lowest BCUT2D eigenvalue weighted by molar-refractivity contribution is 0.577. The number of nitrogens with one attached hydrogen (secondary N) is 1. The summed E-state index contributed by atoms with van der Waals surface area (Å²) in [5.74, 6) is 0.801. The molecule has 1 unspecified atom stereocenters. The van der Waals surface area contributed by atoms with Gasteiger partial charge in [0.2, 0.25) is 0 Å². The smallest absolute Gasteiger partial charge is 0.0428 e. The van der Waals surface area contributed by atoms with E-state index < -0.39 is 0 Å². The summed E-state index contributed by atoms with van der Waals surface area (Å²) >= 11 is 0. The molecule has 0 aliphatic carbocycles. The van der Waals surface area contributed by atoms with Gasteiger partial charge in [-0.1, -0.05) is 6.07 Å². The third kappa shape index (κ3) is 2.54. The molecule has 2 heteroatoms. The van der Waals surface area contributed by atoms with Crippen LogP contribution in [0, 0.1) is 33.6 Å². The standard InChI is InChI=1S/C16H26N2/c1-11-8-12(2)14(4)16(13(11)3)18(5)10-15-6-7-17-9-15/h8,15,17H,6-7,9-10H2,1-5H3. The van der Waals surface area contributed by atoms with Crippen molar-refractivity contribution in [3.63, 3.8) is 0 Å². The zero-order valence-electron chi connectivity index (χ0n) is 12.4. The molecule has 0 bridgehead atoms. The first kappa shape index (κ1) is 13.4. The van der Waals surface area contributed by atoms with Gasteiger partial charge in [-0.05, 0) is 75.4 Å². The molecule has 0 spiro atoms. The van der Waals surface area contributed by atoms with Gasteiger partial charge in [0.1, 0.15) is 0 Å². The Labute approximate surface area is 111 Å². The number of benzene rings is 1. The molecule has 18 heavy (non-hydrogen) atoms. The van der Waals surface area contributed by atoms with Crippen molar-refractivity contribution < 1.29 is 0 Å². The molecule has 100 valence electrons. The maximum absolute atomic E-state index is 3.45. The highest BCUT2D eigenvalue weighted by atomic mass is 15.1. The van der Waals surface area contributed by atoms with Crippen molar-refractivity contribution >= 4 is 5.69 Å². The minimum absolute atomic E-state index is 0.801. The van der Waals surface area contributed by atoms with Gasteiger partial charge in [0.15, 0.2) is 0 Å². The van der Waals surface area contributed by atoms with Crippen LogP contribution in [0.5, 0.6) is 0 Å². The maximum atomic E-state index is 3.45. The van der Waals surface area contributed by atoms with Crippen LogP contribution < -0.4 is 10.2 Å². The van der Waals surface area contributed by atoms with Gasteiger partial charge in [0.05, 0.1) is 0 Å². The molecule has 1 aromatic carbocycles. The van der Waals surface area contributed by atoms with Gasteiger partial charge < -0.3 is 10.2 Å². The van der Waals surface area contributed by atoms with Crippen molar-refractivity contribution in [3.8, 4) is 0 Å². The molecule has 1 aromatic rings. The van der Waals surface area contributed by atoms with Crippen LogP contribution in [-0.4, -0.2) is 26.7 Å². The second kappa shape index (κ2) is 5.31. The average Bonchev–Trinajstić information content (AvgIpc) is 2.79. The van der Waals surface area contributed by atoms with Crippen molar-refractivity contribution in [2.24, 2.45) is 5.92 Å². The Bertz CT molecular complexity index is 405. The highest BCUT2D eigenvalue weighted by Crippen LogP contribution is 2.30. The topological polar surface area (TPSA) is 15.3 Å². The van der Waals surface area contributed by atoms with Gasteiger partial charge in [-0.15, -0.1) is 0 Å². The van der Waals surface area contributed by atoms with Gasteiger partial charge in [-0.2, -0.15) is 0 Å². The minimum Gasteiger partial charge on any atom is -0.374 e. The quantitative estimate of drug-likeness (QED) is 0.882. The van der Waals surface area contributed by atoms with Crippen LogP contribution in [-0.2, 0) is 0 Å². The summed E-state index contributed by atoms with van der Waals surface area (Å²) < 4.78 is 0. The Morgan fingerprint density at radius 2 is 1.78 bits per heavy atom. The molecule has 1 N–H and O–H groups in total. The minimum atomic E-state index is 0.801. The Morgan fingerprint density at radius 3 is 2.28 bits per heavy atom. The molecule has 1 fully saturated rings. The molecule has 1 aliphatic rings. The first-order valence-electron chi connectivity index (χ1n) is 7.00. The molecule has 0 saturated carbocycles. The largest absolute Gasteiger partial charge is 0.374 e. The summed E-state index contributed by atoms with van der Waals surface area (Å²) in [6.07, 6.45) is 1.31. The van der Waals surface area contributed by atoms with E-state index in [0.29, 0.717) is 0 Å². The van der Waals surface area contributed by atoms with Gasteiger partial charge in [-0.3, -0.25) is 0 Å². The van der Waals surface area contributed by atoms with E-state index in [4.69, 9.17) is 0 Å². The lowest BCUT2D eigenvalue weighted by Crippen LogP contribution is -2.28. The summed E-state index contributed by atoms with van der Waals surface area (Å²) in [6.45, 7) is 12.5. The fourth-order valence-corrected chi connectivity index (χ4v) is 3.12. The number of hydrogen-bond donors (Lipinski definition) is 1. The van der Waals surface area contributed by atoms with E-state index in [9.17, 15) is 0 Å². The molecule has 2 nitrogen and oxygen atoms in total. The molecule has 1 saturated heterocycles. The van der Waals surface area contributed by atoms with E-state index in [2.05, 4.69) is 51.0 Å². The SMILES string of the molecule is Cc1cc(C)c(C)c(N(C)CC2CCNC2)c1C. The number of hydrogen-bond acceptors (Lipinski definition) is 2. The number of rotatable bonds is 3. The van der Waals surface area contributed by atoms with Crippen molar-refractivity contribution in [2.45, 2.75) is 34.1 Å². The predicted octanol–water partition coefficient (Wildman–Crippen LogP) is 2.97. The van der Waals surface area contributed by atoms with Crippen molar-refractivity contribution in [2.75, 3.05) is 31.6 Å². The van der Waals surface area contributed by atoms with Crippen molar-refractivity contribution in [1.82, 2.24) is 5.32 Å². The first-order chi connectivity index (χ1) is 8.50. The normalized spacial score (nSPS) is 19.3. The highest BCUT2D eigenvalue weighted by molar-refractivity contribution is 5.63. The molecule has 1 aliphatic heterocycles. The highest BCUT2D eigenvalue weighted by Gasteiger charge is 2.19. The summed E-state index contributed by atoms with van der Waals surface area (Å²) in [5, 5.41) is 3.45. The molecule has 1 heterocycles. The second-order valence-electron chi connectivity index (χ2n) is 5.85. The van der Waals surface area contributed by atoms with E-state index in [1.165, 1.54) is 47.5 Å². The van der Waals surface area contributed by atoms with Crippen LogP contribution in [0.2, 0.25) is 0 Å². The molecule has 0 amide bonds. The van der Waals surface area contributed by atoms with Crippen LogP contribution in [0.25, 0.3) is 0 Å². The third-order valence-corrected chi connectivity index (χ3v) is 4.40. The van der Waals surface area contributed by atoms with E-state index in [1.807, 2.05) is 0 Å². The Kier molecular flexibility index (Phi) is 3.96. The summed E-state index contributed by atoms with van der Waals surface area (Å²) in [6, 6.07) is 2.30. The second-order valence-corrected chi connectivity index (χ2v) is 5.85. The fraction of sp³-hybridized carbons (Fsp3) is 0.625. The molecular weight excluding hydrogens is 220 g/mol. The molecule has 1 atom stereocenters. The summed E-state index contributed by atoms with van der Waals surface area (Å²) in [7, 11) is 2.24. The number of anilines is 1. The van der Waals surface area contributed by atoms with Crippen LogP contribution in [0.4, 0.5) is 5.69 Å². The lowest BCUT2D eigenvalue weighted by atomic mass is 9.97. The van der Waals surface area contributed by atoms with E-state index in [-0.39, 0.29) is 0 Å². The number of aryl methyl sites for hydroxylation is 2. The Balaban J connectivity index is 2.25. The van der Waals surface area contributed by atoms with Gasteiger partial charge in [0.25, 0.3) is 0 Å². The van der Waals surface area contributed by atoms with Crippen LogP contribution >= 0.6 is 0 Å². The molecule has 0 aromatic heterocycles. The maximum Gasteiger partial charge on any atom is 0.0428 e. The van der Waals surface area contributed by atoms with Gasteiger partial charge in [-0.25, -0.2) is 0 Å². The first-order valence-corrected chi connectivity index (χ1v) is 7.00. The van der Waals surface area contributed by atoms with Gasteiger partial charge >= 0.3 is 0 Å². The molecular formula is C16H26N2. The van der Waals surface area contributed by atoms with Crippen molar-refractivity contribution in [1.29, 1.82) is 0 Å². The van der Waals surface area contributed by atoms with Crippen LogP contribution in [0.15, 0.2) is 6.07 Å². The predicted molar refractivity (Wildman–Crippen MR) is 79.6 cm³/mol. The van der Waals surface area contributed by atoms with Gasteiger partial charge in [0, 0.05) is 19.3 Å². The zero-order valence-corrected chi connectivity index (χ0v) is 12.4. The van der Waals surface area contributed by atoms with Crippen LogP contribution in [0.1, 0.15) is 28.7 Å².